The van der Waals surface area contributed by atoms with E-state index >= 15 is 0 Å². The van der Waals surface area contributed by atoms with Gasteiger partial charge in [0.05, 0.1) is 0 Å². The average Bonchev–Trinajstić information content (AvgIpc) is 1.00. The molecular formula is O2SbTh+3. The second kappa shape index (κ2) is 20.6. The predicted molar refractivity (Wildman–Crippen MR) is 7.13 cm³/mol. The van der Waals surface area contributed by atoms with Crippen LogP contribution in [0.25, 0.3) is 0 Å². The Morgan fingerprint density at radius 3 is 1.25 bits per heavy atom. The Morgan fingerprint density at radius 2 is 1.25 bits per heavy atom. The molecule has 0 aromatic rings. The topological polar surface area (TPSA) is 45.6 Å². The van der Waals surface area contributed by atoms with Gasteiger partial charge in [0.25, 0.3) is 0 Å². The molecule has 0 aliphatic carbocycles. The summed E-state index contributed by atoms with van der Waals surface area (Å²) in [6.07, 6.45) is 0. The summed E-state index contributed by atoms with van der Waals surface area (Å²) in [5, 5.41) is 0. The molecule has 0 atom stereocenters. The molecule has 0 N–H and O–H groups in total. The zero-order chi connectivity index (χ0) is 2.00. The van der Waals surface area contributed by atoms with E-state index in [1.165, 1.54) is 0 Å². The summed E-state index contributed by atoms with van der Waals surface area (Å²) >= 11 is 0.500. The van der Waals surface area contributed by atoms with Crippen LogP contribution in [-0.2, 0) is 8.49 Å². The molecule has 2 radical (unpaired) electrons. The molecule has 18 valence electrons. The van der Waals surface area contributed by atoms with Crippen molar-refractivity contribution >= 4 is 23.0 Å². The number of hydrogen-bond donors (Lipinski definition) is 0. The van der Waals surface area contributed by atoms with Gasteiger partial charge in [0.15, 0.2) is 0 Å². The summed E-state index contributed by atoms with van der Waals surface area (Å²) in [5.41, 5.74) is 0. The van der Waals surface area contributed by atoms with Crippen molar-refractivity contribution in [2.75, 3.05) is 0 Å². The van der Waals surface area contributed by atoms with Crippen molar-refractivity contribution in [1.29, 1.82) is 0 Å². The standard InChI is InChI=1S/2O.Sb.Th/q;-2;+1;+4. The van der Waals surface area contributed by atoms with Crippen molar-refractivity contribution < 1.29 is 48.4 Å². The van der Waals surface area contributed by atoms with Gasteiger partial charge in [-0.3, -0.25) is 0 Å². The first-order valence-electron chi connectivity index (χ1n) is 0.183. The van der Waals surface area contributed by atoms with E-state index in [0.717, 1.165) is 0 Å². The third-order valence-electron chi connectivity index (χ3n) is 0. The Balaban J connectivity index is -0.00000000500. The van der Waals surface area contributed by atoms with Gasteiger partial charge in [-0.25, -0.2) is 0 Å². The van der Waals surface area contributed by atoms with Crippen LogP contribution in [0.2, 0.25) is 0 Å². The second-order valence-corrected chi connectivity index (χ2v) is 0. The third kappa shape index (κ3) is 9.08. The first-order chi connectivity index (χ1) is 1.00. The van der Waals surface area contributed by atoms with Crippen LogP contribution >= 0.6 is 0 Å². The zero-order valence-electron chi connectivity index (χ0n) is 1.76. The zero-order valence-corrected chi connectivity index (χ0v) is 8.43. The van der Waals surface area contributed by atoms with Crippen LogP contribution in [0.3, 0.4) is 0 Å². The fourth-order valence-corrected chi connectivity index (χ4v) is 0. The summed E-state index contributed by atoms with van der Waals surface area (Å²) in [6, 6.07) is 0. The van der Waals surface area contributed by atoms with Gasteiger partial charge < -0.3 is 5.48 Å². The summed E-state index contributed by atoms with van der Waals surface area (Å²) < 4.78 is 8.30. The molecule has 0 spiro atoms. The van der Waals surface area contributed by atoms with Crippen LogP contribution in [0.5, 0.6) is 0 Å². The quantitative estimate of drug-likeness (QED) is 0.513. The maximum atomic E-state index is 8.30. The maximum Gasteiger partial charge on any atom is 4.00 e. The molecule has 0 aromatic carbocycles. The van der Waals surface area contributed by atoms with Crippen LogP contribution in [0.4, 0.5) is 0 Å². The Hall–Kier alpha value is 1.90. The predicted octanol–water partition coefficient (Wildman–Crippen LogP) is -0.618. The van der Waals surface area contributed by atoms with Gasteiger partial charge >= 0.3 is 66.0 Å². The van der Waals surface area contributed by atoms with E-state index in [1.54, 1.807) is 0 Å². The molecule has 2 nitrogen and oxygen atoms in total. The van der Waals surface area contributed by atoms with Gasteiger partial charge in [0, 0.05) is 0 Å². The van der Waals surface area contributed by atoms with Crippen LogP contribution < -0.4 is 0 Å². The fraction of sp³-hybridized carbons (Fsp3) is 0. The molecule has 0 unspecified atom stereocenters. The number of hydrogen-bond acceptors (Lipinski definition) is 1. The largest absolute Gasteiger partial charge is 4.00 e. The number of rotatable bonds is 0. The fourth-order valence-electron chi connectivity index (χ4n) is 0. The Kier molecular flexibility index (Phi) is 86.8. The van der Waals surface area contributed by atoms with Crippen molar-refractivity contribution in [2.24, 2.45) is 0 Å². The molecule has 4 heavy (non-hydrogen) atoms. The molecule has 0 aliphatic rings. The summed E-state index contributed by atoms with van der Waals surface area (Å²) in [4.78, 5) is 0. The van der Waals surface area contributed by atoms with Crippen LogP contribution in [-0.4, -0.2) is 23.0 Å². The summed E-state index contributed by atoms with van der Waals surface area (Å²) in [7, 11) is 0. The van der Waals surface area contributed by atoms with Crippen LogP contribution in [0.1, 0.15) is 0 Å². The molecule has 0 saturated heterocycles. The van der Waals surface area contributed by atoms with E-state index in [9.17, 15) is 0 Å². The molecule has 0 aromatic heterocycles. The van der Waals surface area contributed by atoms with Crippen LogP contribution in [0, 0.1) is 39.9 Å². The van der Waals surface area contributed by atoms with E-state index in [2.05, 4.69) is 0 Å². The normalized spacial score (nSPS) is 1.00. The monoisotopic (exact) mass is 385 g/mol. The maximum absolute atomic E-state index is 8.30. The Bertz CT molecular complexity index is 6.00. The van der Waals surface area contributed by atoms with Crippen molar-refractivity contribution in [1.82, 2.24) is 0 Å². The van der Waals surface area contributed by atoms with Crippen molar-refractivity contribution in [3.05, 3.63) is 0 Å². The van der Waals surface area contributed by atoms with Gasteiger partial charge in [0.2, 0.25) is 0 Å². The van der Waals surface area contributed by atoms with E-state index < -0.39 is 0 Å². The van der Waals surface area contributed by atoms with E-state index in [4.69, 9.17) is 3.02 Å². The first kappa shape index (κ1) is 16.8. The van der Waals surface area contributed by atoms with Gasteiger partial charge in [-0.1, -0.05) is 0 Å². The minimum absolute atomic E-state index is 0. The smallest absolute Gasteiger partial charge is 4.00 e. The van der Waals surface area contributed by atoms with E-state index in [0.29, 0.717) is 23.0 Å². The van der Waals surface area contributed by atoms with Gasteiger partial charge in [-0.15, -0.1) is 0 Å². The summed E-state index contributed by atoms with van der Waals surface area (Å²) in [6.45, 7) is 0. The molecule has 0 rings (SSSR count). The minimum atomic E-state index is 0. The SMILES string of the molecule is [O-2].[O]=[Sb+].[Th+4]. The third-order valence-corrected chi connectivity index (χ3v) is 0. The van der Waals surface area contributed by atoms with Crippen molar-refractivity contribution in [3.8, 4) is 0 Å². The Labute approximate surface area is 70.2 Å². The van der Waals surface area contributed by atoms with Crippen molar-refractivity contribution in [3.63, 3.8) is 0 Å². The van der Waals surface area contributed by atoms with E-state index in [-0.39, 0.29) is 45.4 Å². The molecule has 0 bridgehead atoms. The molecule has 0 aliphatic heterocycles. The van der Waals surface area contributed by atoms with Gasteiger partial charge in [-0.2, -0.15) is 0 Å². The first-order valence-corrected chi connectivity index (χ1v) is 1.22. The summed E-state index contributed by atoms with van der Waals surface area (Å²) in [5.74, 6) is 0. The second-order valence-electron chi connectivity index (χ2n) is 0. The molecular weight excluding hydrogens is 386 g/mol. The van der Waals surface area contributed by atoms with Crippen molar-refractivity contribution in [2.45, 2.75) is 0 Å². The molecule has 0 saturated carbocycles. The molecule has 0 amide bonds. The van der Waals surface area contributed by atoms with Gasteiger partial charge in [-0.05, 0) is 0 Å². The molecule has 0 heterocycles. The van der Waals surface area contributed by atoms with E-state index in [1.807, 2.05) is 0 Å². The minimum Gasteiger partial charge on any atom is 4.00 e. The molecule has 4 heteroatoms. The Morgan fingerprint density at radius 1 is 1.25 bits per heavy atom. The van der Waals surface area contributed by atoms with Gasteiger partial charge in [0.1, 0.15) is 0 Å². The van der Waals surface area contributed by atoms with Crippen LogP contribution in [0.15, 0.2) is 0 Å². The molecule has 0 fully saturated rings. The average molecular weight is 386 g/mol.